The largest absolute Gasteiger partial charge is 0.455 e. The van der Waals surface area contributed by atoms with Gasteiger partial charge in [0.15, 0.2) is 0 Å². The van der Waals surface area contributed by atoms with Crippen molar-refractivity contribution in [2.24, 2.45) is 0 Å². The smallest absolute Gasteiger partial charge is 0.148 e. The summed E-state index contributed by atoms with van der Waals surface area (Å²) in [7, 11) is 0. The first-order chi connectivity index (χ1) is 8.60. The fourth-order valence-electron chi connectivity index (χ4n) is 1.69. The summed E-state index contributed by atoms with van der Waals surface area (Å²) in [4.78, 5) is 4.45. The maximum Gasteiger partial charge on any atom is 0.148 e. The molecule has 4 heteroatoms. The minimum atomic E-state index is 0.519. The molecule has 0 fully saturated rings. The van der Waals surface area contributed by atoms with Crippen LogP contribution in [-0.2, 0) is 6.42 Å². The molecule has 2 aromatic rings. The fraction of sp³-hybridized carbons (Fsp3) is 0.214. The number of nitrogens with zero attached hydrogens (tertiary/aromatic N) is 1. The van der Waals surface area contributed by atoms with Crippen LogP contribution < -0.4 is 16.2 Å². The second-order valence-corrected chi connectivity index (χ2v) is 4.14. The molecule has 0 aliphatic rings. The predicted octanol–water partition coefficient (Wildman–Crippen LogP) is 2.91. The van der Waals surface area contributed by atoms with E-state index >= 15 is 0 Å². The molecule has 0 bridgehead atoms. The van der Waals surface area contributed by atoms with E-state index in [9.17, 15) is 0 Å². The first-order valence-electron chi connectivity index (χ1n) is 5.89. The van der Waals surface area contributed by atoms with E-state index in [1.807, 2.05) is 26.0 Å². The number of rotatable bonds is 3. The Kier molecular flexibility index (Phi) is 3.37. The highest BCUT2D eigenvalue weighted by atomic mass is 16.5. The van der Waals surface area contributed by atoms with E-state index in [1.165, 1.54) is 0 Å². The van der Waals surface area contributed by atoms with Gasteiger partial charge in [-0.15, -0.1) is 0 Å². The molecule has 4 nitrogen and oxygen atoms in total. The lowest BCUT2D eigenvalue weighted by Crippen LogP contribution is -1.98. The van der Waals surface area contributed by atoms with E-state index in [0.717, 1.165) is 23.6 Å². The maximum atomic E-state index is 5.79. The summed E-state index contributed by atoms with van der Waals surface area (Å²) in [6, 6.07) is 9.10. The average Bonchev–Trinajstić information content (AvgIpc) is 2.36. The molecule has 18 heavy (non-hydrogen) atoms. The number of ether oxygens (including phenoxy) is 1. The molecule has 0 atom stereocenters. The molecule has 0 saturated carbocycles. The lowest BCUT2D eigenvalue weighted by molar-refractivity contribution is 0.473. The van der Waals surface area contributed by atoms with Gasteiger partial charge in [0.2, 0.25) is 0 Å². The molecule has 0 unspecified atom stereocenters. The summed E-state index contributed by atoms with van der Waals surface area (Å²) in [5, 5.41) is 0. The Morgan fingerprint density at radius 2 is 1.89 bits per heavy atom. The van der Waals surface area contributed by atoms with E-state index in [2.05, 4.69) is 4.98 Å². The number of aryl methyl sites for hydroxylation is 2. The summed E-state index contributed by atoms with van der Waals surface area (Å²) < 4.78 is 5.79. The number of hydrogen-bond acceptors (Lipinski definition) is 4. The monoisotopic (exact) mass is 243 g/mol. The Morgan fingerprint density at radius 3 is 2.56 bits per heavy atom. The van der Waals surface area contributed by atoms with E-state index in [0.29, 0.717) is 17.1 Å². The molecule has 1 aromatic heterocycles. The lowest BCUT2D eigenvalue weighted by atomic mass is 10.2. The molecule has 0 aliphatic carbocycles. The molecule has 94 valence electrons. The molecule has 0 saturated heterocycles. The van der Waals surface area contributed by atoms with Gasteiger partial charge in [0.1, 0.15) is 11.5 Å². The molecule has 1 aromatic carbocycles. The number of nitrogen functional groups attached to an aromatic ring is 2. The van der Waals surface area contributed by atoms with Crippen LogP contribution in [-0.4, -0.2) is 4.98 Å². The van der Waals surface area contributed by atoms with Crippen LogP contribution in [0.25, 0.3) is 0 Å². The van der Waals surface area contributed by atoms with Crippen molar-refractivity contribution in [2.75, 3.05) is 11.5 Å². The molecule has 0 amide bonds. The number of benzene rings is 1. The van der Waals surface area contributed by atoms with Crippen LogP contribution in [0.1, 0.15) is 18.3 Å². The van der Waals surface area contributed by atoms with E-state index in [4.69, 9.17) is 16.2 Å². The van der Waals surface area contributed by atoms with Gasteiger partial charge in [-0.2, -0.15) is 0 Å². The van der Waals surface area contributed by atoms with E-state index in [1.54, 1.807) is 18.2 Å². The van der Waals surface area contributed by atoms with E-state index < -0.39 is 0 Å². The van der Waals surface area contributed by atoms with Crippen LogP contribution in [0.3, 0.4) is 0 Å². The molecule has 0 spiro atoms. The third kappa shape index (κ3) is 2.53. The van der Waals surface area contributed by atoms with Crippen molar-refractivity contribution in [1.82, 2.24) is 4.98 Å². The quantitative estimate of drug-likeness (QED) is 0.813. The normalized spacial score (nSPS) is 10.3. The highest BCUT2D eigenvalue weighted by Crippen LogP contribution is 2.28. The number of nitrogens with two attached hydrogens (primary N) is 2. The van der Waals surface area contributed by atoms with Crippen molar-refractivity contribution in [2.45, 2.75) is 20.3 Å². The maximum absolute atomic E-state index is 5.79. The average molecular weight is 243 g/mol. The van der Waals surface area contributed by atoms with Crippen molar-refractivity contribution >= 4 is 11.4 Å². The predicted molar refractivity (Wildman–Crippen MR) is 73.7 cm³/mol. The van der Waals surface area contributed by atoms with Crippen molar-refractivity contribution < 1.29 is 4.74 Å². The lowest BCUT2D eigenvalue weighted by Gasteiger charge is -2.11. The standard InChI is InChI=1S/C14H17N3O/c1-3-13-14(7-4-9(2)17-13)18-10-5-6-11(15)12(16)8-10/h4-8H,3,15-16H2,1-2H3. The van der Waals surface area contributed by atoms with Crippen molar-refractivity contribution in [3.8, 4) is 11.5 Å². The van der Waals surface area contributed by atoms with Gasteiger partial charge in [-0.1, -0.05) is 6.92 Å². The molecular formula is C14H17N3O. The minimum absolute atomic E-state index is 0.519. The summed E-state index contributed by atoms with van der Waals surface area (Å²) in [6.45, 7) is 4.01. The molecule has 2 rings (SSSR count). The zero-order valence-corrected chi connectivity index (χ0v) is 10.6. The third-order valence-corrected chi connectivity index (χ3v) is 2.69. The van der Waals surface area contributed by atoms with Gasteiger partial charge in [0, 0.05) is 11.8 Å². The zero-order chi connectivity index (χ0) is 13.1. The van der Waals surface area contributed by atoms with Gasteiger partial charge >= 0.3 is 0 Å². The van der Waals surface area contributed by atoms with Gasteiger partial charge in [-0.25, -0.2) is 0 Å². The van der Waals surface area contributed by atoms with Crippen LogP contribution in [0.5, 0.6) is 11.5 Å². The SMILES string of the molecule is CCc1nc(C)ccc1Oc1ccc(N)c(N)c1. The van der Waals surface area contributed by atoms with E-state index in [-0.39, 0.29) is 0 Å². The Bertz CT molecular complexity index is 567. The van der Waals surface area contributed by atoms with Gasteiger partial charge in [0.05, 0.1) is 17.1 Å². The highest BCUT2D eigenvalue weighted by molar-refractivity contribution is 5.65. The van der Waals surface area contributed by atoms with Crippen molar-refractivity contribution in [3.05, 3.63) is 41.7 Å². The van der Waals surface area contributed by atoms with Crippen LogP contribution in [0.4, 0.5) is 11.4 Å². The number of anilines is 2. The number of hydrogen-bond donors (Lipinski definition) is 2. The van der Waals surface area contributed by atoms with Gasteiger partial charge in [0.25, 0.3) is 0 Å². The Balaban J connectivity index is 2.30. The van der Waals surface area contributed by atoms with Gasteiger partial charge in [-0.3, -0.25) is 4.98 Å². The van der Waals surface area contributed by atoms with Crippen LogP contribution in [0.15, 0.2) is 30.3 Å². The molecule has 1 heterocycles. The highest BCUT2D eigenvalue weighted by Gasteiger charge is 2.06. The minimum Gasteiger partial charge on any atom is -0.455 e. The third-order valence-electron chi connectivity index (χ3n) is 2.69. The summed E-state index contributed by atoms with van der Waals surface area (Å²) in [6.07, 6.45) is 0.821. The van der Waals surface area contributed by atoms with Gasteiger partial charge in [-0.05, 0) is 37.6 Å². The molecule has 0 radical (unpaired) electrons. The summed E-state index contributed by atoms with van der Waals surface area (Å²) in [5.41, 5.74) is 14.4. The van der Waals surface area contributed by atoms with Crippen molar-refractivity contribution in [3.63, 3.8) is 0 Å². The summed E-state index contributed by atoms with van der Waals surface area (Å²) >= 11 is 0. The van der Waals surface area contributed by atoms with Crippen LogP contribution in [0, 0.1) is 6.92 Å². The summed E-state index contributed by atoms with van der Waals surface area (Å²) in [5.74, 6) is 1.43. The Hall–Kier alpha value is -2.23. The Morgan fingerprint density at radius 1 is 1.11 bits per heavy atom. The number of aromatic nitrogens is 1. The zero-order valence-electron chi connectivity index (χ0n) is 10.6. The molecule has 4 N–H and O–H groups in total. The molecular weight excluding hydrogens is 226 g/mol. The van der Waals surface area contributed by atoms with Crippen LogP contribution in [0.2, 0.25) is 0 Å². The second-order valence-electron chi connectivity index (χ2n) is 4.14. The molecule has 0 aliphatic heterocycles. The number of pyridine rings is 1. The fourth-order valence-corrected chi connectivity index (χ4v) is 1.69. The van der Waals surface area contributed by atoms with Crippen LogP contribution >= 0.6 is 0 Å². The first kappa shape index (κ1) is 12.2. The van der Waals surface area contributed by atoms with Crippen molar-refractivity contribution in [1.29, 1.82) is 0 Å². The van der Waals surface area contributed by atoms with Gasteiger partial charge < -0.3 is 16.2 Å². The second kappa shape index (κ2) is 4.96. The topological polar surface area (TPSA) is 74.2 Å². The first-order valence-corrected chi connectivity index (χ1v) is 5.89. The Labute approximate surface area is 107 Å².